The van der Waals surface area contributed by atoms with Crippen molar-refractivity contribution < 1.29 is 14.3 Å². The molecular weight excluding hydrogens is 278 g/mol. The van der Waals surface area contributed by atoms with Gasteiger partial charge in [0.15, 0.2) is 11.8 Å². The third-order valence-electron chi connectivity index (χ3n) is 3.92. The average molecular weight is 295 g/mol. The minimum absolute atomic E-state index is 0.190. The highest BCUT2D eigenvalue weighted by Gasteiger charge is 2.39. The first kappa shape index (κ1) is 14.5. The highest BCUT2D eigenvalue weighted by Crippen LogP contribution is 2.25. The molecule has 0 N–H and O–H groups in total. The lowest BCUT2D eigenvalue weighted by atomic mass is 9.92. The lowest BCUT2D eigenvalue weighted by Crippen LogP contribution is -2.49. The second-order valence-electron chi connectivity index (χ2n) is 5.34. The van der Waals surface area contributed by atoms with Gasteiger partial charge in [-0.1, -0.05) is 54.6 Å². The number of rotatable bonds is 3. The second kappa shape index (κ2) is 6.12. The summed E-state index contributed by atoms with van der Waals surface area (Å²) in [6.45, 7) is 1.08. The molecule has 0 radical (unpaired) electrons. The fourth-order valence-corrected chi connectivity index (χ4v) is 2.85. The number of benzene rings is 2. The number of ketones is 1. The van der Waals surface area contributed by atoms with Crippen LogP contribution in [0.4, 0.5) is 0 Å². The molecule has 0 bridgehead atoms. The predicted octanol–water partition coefficient (Wildman–Crippen LogP) is 2.43. The normalized spacial score (nSPS) is 17.9. The van der Waals surface area contributed by atoms with Crippen molar-refractivity contribution >= 4 is 11.8 Å². The van der Waals surface area contributed by atoms with E-state index in [1.54, 1.807) is 6.07 Å². The Morgan fingerprint density at radius 1 is 1.14 bits per heavy atom. The van der Waals surface area contributed by atoms with Crippen LogP contribution in [0.15, 0.2) is 54.6 Å². The highest BCUT2D eigenvalue weighted by molar-refractivity contribution is 6.13. The van der Waals surface area contributed by atoms with Crippen molar-refractivity contribution in [2.45, 2.75) is 19.1 Å². The van der Waals surface area contributed by atoms with Crippen LogP contribution in [0.5, 0.6) is 0 Å². The van der Waals surface area contributed by atoms with Gasteiger partial charge in [-0.15, -0.1) is 0 Å². The summed E-state index contributed by atoms with van der Waals surface area (Å²) in [5.74, 6) is -0.694. The standard InChI is InChI=1S/C18H17NO3/c1-22-18(21)16-17(20)15-10-6-5-9-14(15)12-19(16)11-13-7-3-2-4-8-13/h2-10,16H,11-12H2,1H3. The maximum atomic E-state index is 12.7. The van der Waals surface area contributed by atoms with Crippen LogP contribution in [0.2, 0.25) is 0 Å². The van der Waals surface area contributed by atoms with Crippen molar-refractivity contribution in [2.75, 3.05) is 7.11 Å². The molecule has 0 fully saturated rings. The van der Waals surface area contributed by atoms with Gasteiger partial charge in [0.05, 0.1) is 7.11 Å². The number of esters is 1. The summed E-state index contributed by atoms with van der Waals surface area (Å²) in [6, 6.07) is 16.4. The number of hydrogen-bond acceptors (Lipinski definition) is 4. The minimum atomic E-state index is -0.875. The van der Waals surface area contributed by atoms with Crippen LogP contribution in [-0.2, 0) is 22.6 Å². The summed E-state index contributed by atoms with van der Waals surface area (Å²) in [7, 11) is 1.32. The minimum Gasteiger partial charge on any atom is -0.467 e. The molecule has 112 valence electrons. The first-order valence-corrected chi connectivity index (χ1v) is 7.18. The lowest BCUT2D eigenvalue weighted by Gasteiger charge is -2.33. The molecule has 0 aliphatic carbocycles. The predicted molar refractivity (Wildman–Crippen MR) is 82.3 cm³/mol. The monoisotopic (exact) mass is 295 g/mol. The smallest absolute Gasteiger partial charge is 0.331 e. The fourth-order valence-electron chi connectivity index (χ4n) is 2.85. The molecule has 1 heterocycles. The maximum Gasteiger partial charge on any atom is 0.331 e. The van der Waals surface area contributed by atoms with E-state index in [0.29, 0.717) is 18.7 Å². The number of fused-ring (bicyclic) bond motifs is 1. The fraction of sp³-hybridized carbons (Fsp3) is 0.222. The Morgan fingerprint density at radius 3 is 2.55 bits per heavy atom. The van der Waals surface area contributed by atoms with Crippen LogP contribution in [0, 0.1) is 0 Å². The van der Waals surface area contributed by atoms with E-state index in [2.05, 4.69) is 0 Å². The highest BCUT2D eigenvalue weighted by atomic mass is 16.5. The Balaban J connectivity index is 1.96. The number of carbonyl (C=O) groups is 2. The van der Waals surface area contributed by atoms with Crippen molar-refractivity contribution in [3.63, 3.8) is 0 Å². The molecule has 0 amide bonds. The van der Waals surface area contributed by atoms with Crippen molar-refractivity contribution in [1.29, 1.82) is 0 Å². The Bertz CT molecular complexity index is 696. The van der Waals surface area contributed by atoms with Gasteiger partial charge >= 0.3 is 5.97 Å². The van der Waals surface area contributed by atoms with Crippen LogP contribution in [0.25, 0.3) is 0 Å². The van der Waals surface area contributed by atoms with Gasteiger partial charge in [-0.3, -0.25) is 9.69 Å². The van der Waals surface area contributed by atoms with Gasteiger partial charge in [-0.05, 0) is 11.1 Å². The van der Waals surface area contributed by atoms with Gasteiger partial charge in [0.2, 0.25) is 0 Å². The quantitative estimate of drug-likeness (QED) is 0.644. The summed E-state index contributed by atoms with van der Waals surface area (Å²) in [5.41, 5.74) is 2.62. The molecule has 0 saturated carbocycles. The van der Waals surface area contributed by atoms with Crippen molar-refractivity contribution in [3.05, 3.63) is 71.3 Å². The van der Waals surface area contributed by atoms with E-state index < -0.39 is 12.0 Å². The van der Waals surface area contributed by atoms with E-state index in [-0.39, 0.29) is 5.78 Å². The number of Topliss-reactive ketones (excluding diaryl/α,β-unsaturated/α-hetero) is 1. The van der Waals surface area contributed by atoms with E-state index >= 15 is 0 Å². The van der Waals surface area contributed by atoms with Crippen LogP contribution >= 0.6 is 0 Å². The van der Waals surface area contributed by atoms with Crippen LogP contribution in [0.1, 0.15) is 21.5 Å². The van der Waals surface area contributed by atoms with Gasteiger partial charge in [-0.25, -0.2) is 4.79 Å². The number of methoxy groups -OCH3 is 1. The van der Waals surface area contributed by atoms with E-state index in [4.69, 9.17) is 4.74 Å². The van der Waals surface area contributed by atoms with Gasteiger partial charge in [0.1, 0.15) is 0 Å². The number of carbonyl (C=O) groups excluding carboxylic acids is 2. The van der Waals surface area contributed by atoms with Gasteiger partial charge < -0.3 is 4.74 Å². The molecule has 1 unspecified atom stereocenters. The molecule has 0 saturated heterocycles. The molecule has 3 rings (SSSR count). The van der Waals surface area contributed by atoms with Gasteiger partial charge in [0.25, 0.3) is 0 Å². The molecule has 0 aromatic heterocycles. The molecule has 4 heteroatoms. The Kier molecular flexibility index (Phi) is 4.02. The van der Waals surface area contributed by atoms with E-state index in [0.717, 1.165) is 11.1 Å². The number of nitrogens with zero attached hydrogens (tertiary/aromatic N) is 1. The maximum absolute atomic E-state index is 12.7. The third kappa shape index (κ3) is 2.65. The topological polar surface area (TPSA) is 46.6 Å². The molecule has 0 spiro atoms. The molecule has 4 nitrogen and oxygen atoms in total. The van der Waals surface area contributed by atoms with Crippen molar-refractivity contribution in [1.82, 2.24) is 4.90 Å². The zero-order chi connectivity index (χ0) is 15.5. The largest absolute Gasteiger partial charge is 0.467 e. The SMILES string of the molecule is COC(=O)C1C(=O)c2ccccc2CN1Cc1ccccc1. The van der Waals surface area contributed by atoms with E-state index in [1.807, 2.05) is 53.4 Å². The lowest BCUT2D eigenvalue weighted by molar-refractivity contribution is -0.145. The summed E-state index contributed by atoms with van der Waals surface area (Å²) in [4.78, 5) is 26.6. The zero-order valence-corrected chi connectivity index (χ0v) is 12.4. The van der Waals surface area contributed by atoms with E-state index in [9.17, 15) is 9.59 Å². The molecule has 2 aromatic carbocycles. The summed E-state index contributed by atoms with van der Waals surface area (Å²) >= 11 is 0. The van der Waals surface area contributed by atoms with Crippen LogP contribution in [0.3, 0.4) is 0 Å². The zero-order valence-electron chi connectivity index (χ0n) is 12.4. The van der Waals surface area contributed by atoms with Gasteiger partial charge in [0, 0.05) is 18.7 Å². The second-order valence-corrected chi connectivity index (χ2v) is 5.34. The summed E-state index contributed by atoms with van der Waals surface area (Å²) < 4.78 is 4.84. The van der Waals surface area contributed by atoms with Crippen molar-refractivity contribution in [2.24, 2.45) is 0 Å². The van der Waals surface area contributed by atoms with Crippen LogP contribution < -0.4 is 0 Å². The summed E-state index contributed by atoms with van der Waals surface area (Å²) in [6.07, 6.45) is 0. The molecule has 2 aromatic rings. The molecule has 22 heavy (non-hydrogen) atoms. The summed E-state index contributed by atoms with van der Waals surface area (Å²) in [5, 5.41) is 0. The average Bonchev–Trinajstić information content (AvgIpc) is 2.55. The molecule has 1 aliphatic heterocycles. The van der Waals surface area contributed by atoms with Crippen molar-refractivity contribution in [3.8, 4) is 0 Å². The number of hydrogen-bond donors (Lipinski definition) is 0. The van der Waals surface area contributed by atoms with Crippen LogP contribution in [-0.4, -0.2) is 29.8 Å². The Hall–Kier alpha value is -2.46. The Morgan fingerprint density at radius 2 is 1.82 bits per heavy atom. The first-order valence-electron chi connectivity index (χ1n) is 7.18. The third-order valence-corrected chi connectivity index (χ3v) is 3.92. The van der Waals surface area contributed by atoms with Gasteiger partial charge in [-0.2, -0.15) is 0 Å². The molecule has 1 atom stereocenters. The Labute approximate surface area is 129 Å². The molecule has 1 aliphatic rings. The van der Waals surface area contributed by atoms with E-state index in [1.165, 1.54) is 7.11 Å². The molecular formula is C18H17NO3. The first-order chi connectivity index (χ1) is 10.7. The number of ether oxygens (including phenoxy) is 1.